The molecule has 1 heterocycles. The van der Waals surface area contributed by atoms with Gasteiger partial charge in [-0.1, -0.05) is 0 Å². The first-order valence-electron chi connectivity index (χ1n) is 4.57. The van der Waals surface area contributed by atoms with Crippen molar-refractivity contribution < 1.29 is 9.84 Å². The van der Waals surface area contributed by atoms with E-state index >= 15 is 0 Å². The molecular weight excluding hydrogens is 198 g/mol. The standard InChI is InChI=1S/C10H17NO2S/c1-10(2,12)7-11-6-8-4-5-9(13-3)14-8/h4-5,11-12H,6-7H2,1-3H3. The van der Waals surface area contributed by atoms with E-state index in [9.17, 15) is 5.11 Å². The van der Waals surface area contributed by atoms with E-state index in [0.717, 1.165) is 11.6 Å². The normalized spacial score (nSPS) is 11.7. The molecule has 1 rings (SSSR count). The highest BCUT2D eigenvalue weighted by atomic mass is 32.1. The fraction of sp³-hybridized carbons (Fsp3) is 0.600. The van der Waals surface area contributed by atoms with Crippen LogP contribution in [0.25, 0.3) is 0 Å². The number of ether oxygens (including phenoxy) is 1. The number of hydrogen-bond acceptors (Lipinski definition) is 4. The van der Waals surface area contributed by atoms with E-state index in [-0.39, 0.29) is 0 Å². The first kappa shape index (κ1) is 11.5. The SMILES string of the molecule is COc1ccc(CNCC(C)(C)O)s1. The highest BCUT2D eigenvalue weighted by Crippen LogP contribution is 2.23. The quantitative estimate of drug-likeness (QED) is 0.784. The highest BCUT2D eigenvalue weighted by molar-refractivity contribution is 7.13. The average Bonchev–Trinajstić information content (AvgIpc) is 2.50. The van der Waals surface area contributed by atoms with Crippen LogP contribution in [0.15, 0.2) is 12.1 Å². The Kier molecular flexibility index (Phi) is 3.92. The van der Waals surface area contributed by atoms with Crippen LogP contribution in [0.4, 0.5) is 0 Å². The highest BCUT2D eigenvalue weighted by Gasteiger charge is 2.11. The number of thiophene rings is 1. The number of hydrogen-bond donors (Lipinski definition) is 2. The molecule has 14 heavy (non-hydrogen) atoms. The number of nitrogens with one attached hydrogen (secondary N) is 1. The van der Waals surface area contributed by atoms with Gasteiger partial charge in [-0.3, -0.25) is 0 Å². The first-order chi connectivity index (χ1) is 6.51. The minimum Gasteiger partial charge on any atom is -0.487 e. The molecule has 0 saturated carbocycles. The zero-order valence-corrected chi connectivity index (χ0v) is 9.65. The van der Waals surface area contributed by atoms with Crippen LogP contribution in [0.1, 0.15) is 18.7 Å². The molecule has 0 unspecified atom stereocenters. The molecule has 0 radical (unpaired) electrons. The summed E-state index contributed by atoms with van der Waals surface area (Å²) in [6.07, 6.45) is 0. The summed E-state index contributed by atoms with van der Waals surface area (Å²) in [5.41, 5.74) is -0.651. The summed E-state index contributed by atoms with van der Waals surface area (Å²) in [6, 6.07) is 3.98. The van der Waals surface area contributed by atoms with Crippen molar-refractivity contribution in [3.63, 3.8) is 0 Å². The third kappa shape index (κ3) is 4.09. The molecule has 0 aromatic carbocycles. The minimum absolute atomic E-state index is 0.590. The van der Waals surface area contributed by atoms with E-state index in [0.29, 0.717) is 6.54 Å². The van der Waals surface area contributed by atoms with E-state index < -0.39 is 5.60 Å². The van der Waals surface area contributed by atoms with Crippen molar-refractivity contribution >= 4 is 11.3 Å². The van der Waals surface area contributed by atoms with Crippen LogP contribution < -0.4 is 10.1 Å². The van der Waals surface area contributed by atoms with Gasteiger partial charge in [-0.15, -0.1) is 11.3 Å². The van der Waals surface area contributed by atoms with Gasteiger partial charge in [0, 0.05) is 18.0 Å². The van der Waals surface area contributed by atoms with Gasteiger partial charge >= 0.3 is 0 Å². The zero-order chi connectivity index (χ0) is 10.6. The van der Waals surface area contributed by atoms with Gasteiger partial charge in [0.25, 0.3) is 0 Å². The molecule has 0 amide bonds. The predicted molar refractivity (Wildman–Crippen MR) is 58.9 cm³/mol. The van der Waals surface area contributed by atoms with Crippen molar-refractivity contribution in [2.45, 2.75) is 26.0 Å². The maximum atomic E-state index is 9.46. The predicted octanol–water partition coefficient (Wildman–Crippen LogP) is 1.62. The molecule has 2 N–H and O–H groups in total. The second-order valence-corrected chi connectivity index (χ2v) is 4.97. The molecule has 0 aliphatic heterocycles. The first-order valence-corrected chi connectivity index (χ1v) is 5.39. The third-order valence-corrected chi connectivity index (χ3v) is 2.74. The summed E-state index contributed by atoms with van der Waals surface area (Å²) < 4.78 is 5.08. The number of rotatable bonds is 5. The molecule has 0 aliphatic rings. The summed E-state index contributed by atoms with van der Waals surface area (Å²) in [7, 11) is 1.67. The molecule has 1 aromatic rings. The van der Waals surface area contributed by atoms with E-state index in [1.54, 1.807) is 32.3 Å². The van der Waals surface area contributed by atoms with Crippen LogP contribution in [0.3, 0.4) is 0 Å². The lowest BCUT2D eigenvalue weighted by Gasteiger charge is -2.17. The summed E-state index contributed by atoms with van der Waals surface area (Å²) in [6.45, 7) is 4.94. The number of methoxy groups -OCH3 is 1. The van der Waals surface area contributed by atoms with Gasteiger partial charge in [0.2, 0.25) is 0 Å². The van der Waals surface area contributed by atoms with Gasteiger partial charge in [-0.25, -0.2) is 0 Å². The molecular formula is C10H17NO2S. The minimum atomic E-state index is -0.651. The molecule has 3 nitrogen and oxygen atoms in total. The van der Waals surface area contributed by atoms with Crippen LogP contribution >= 0.6 is 11.3 Å². The van der Waals surface area contributed by atoms with Crippen molar-refractivity contribution in [2.24, 2.45) is 0 Å². The molecule has 4 heteroatoms. The van der Waals surface area contributed by atoms with E-state index in [4.69, 9.17) is 4.74 Å². The summed E-state index contributed by atoms with van der Waals surface area (Å²) in [4.78, 5) is 1.21. The Bertz CT molecular complexity index is 278. The van der Waals surface area contributed by atoms with Gasteiger partial charge in [0.15, 0.2) is 5.06 Å². The Morgan fingerprint density at radius 1 is 1.50 bits per heavy atom. The molecule has 1 aromatic heterocycles. The fourth-order valence-electron chi connectivity index (χ4n) is 1.05. The molecule has 0 fully saturated rings. The second-order valence-electron chi connectivity index (χ2n) is 3.84. The lowest BCUT2D eigenvalue weighted by Crippen LogP contribution is -2.34. The smallest absolute Gasteiger partial charge is 0.173 e. The molecule has 80 valence electrons. The second kappa shape index (κ2) is 4.77. The lowest BCUT2D eigenvalue weighted by atomic mass is 10.1. The summed E-state index contributed by atoms with van der Waals surface area (Å²) in [5, 5.41) is 13.6. The van der Waals surface area contributed by atoms with Crippen molar-refractivity contribution in [1.29, 1.82) is 0 Å². The van der Waals surface area contributed by atoms with Gasteiger partial charge in [-0.2, -0.15) is 0 Å². The molecule has 0 atom stereocenters. The van der Waals surface area contributed by atoms with E-state index in [1.807, 2.05) is 12.1 Å². The maximum Gasteiger partial charge on any atom is 0.173 e. The van der Waals surface area contributed by atoms with Gasteiger partial charge in [0.05, 0.1) is 12.7 Å². The van der Waals surface area contributed by atoms with Crippen LogP contribution in [-0.4, -0.2) is 24.4 Å². The van der Waals surface area contributed by atoms with Crippen LogP contribution in [0.5, 0.6) is 5.06 Å². The Morgan fingerprint density at radius 2 is 2.21 bits per heavy atom. The maximum absolute atomic E-state index is 9.46. The largest absolute Gasteiger partial charge is 0.487 e. The molecule has 0 spiro atoms. The van der Waals surface area contributed by atoms with Crippen molar-refractivity contribution in [2.75, 3.05) is 13.7 Å². The lowest BCUT2D eigenvalue weighted by molar-refractivity contribution is 0.0796. The summed E-state index contributed by atoms with van der Waals surface area (Å²) >= 11 is 1.62. The topological polar surface area (TPSA) is 41.5 Å². The zero-order valence-electron chi connectivity index (χ0n) is 8.83. The number of aliphatic hydroxyl groups is 1. The van der Waals surface area contributed by atoms with Gasteiger partial charge in [-0.05, 0) is 26.0 Å². The Balaban J connectivity index is 2.31. The monoisotopic (exact) mass is 215 g/mol. The molecule has 0 saturated heterocycles. The Morgan fingerprint density at radius 3 is 2.71 bits per heavy atom. The van der Waals surface area contributed by atoms with Gasteiger partial charge in [0.1, 0.15) is 0 Å². The van der Waals surface area contributed by atoms with Gasteiger partial charge < -0.3 is 15.2 Å². The Hall–Kier alpha value is -0.580. The Labute approximate surface area is 88.7 Å². The van der Waals surface area contributed by atoms with Crippen LogP contribution in [-0.2, 0) is 6.54 Å². The van der Waals surface area contributed by atoms with Crippen molar-refractivity contribution in [3.05, 3.63) is 17.0 Å². The average molecular weight is 215 g/mol. The van der Waals surface area contributed by atoms with Crippen LogP contribution in [0.2, 0.25) is 0 Å². The molecule has 0 aliphatic carbocycles. The van der Waals surface area contributed by atoms with Crippen molar-refractivity contribution in [3.8, 4) is 5.06 Å². The van der Waals surface area contributed by atoms with Crippen molar-refractivity contribution in [1.82, 2.24) is 5.32 Å². The molecule has 0 bridgehead atoms. The van der Waals surface area contributed by atoms with Crippen LogP contribution in [0, 0.1) is 0 Å². The van der Waals surface area contributed by atoms with E-state index in [2.05, 4.69) is 5.32 Å². The third-order valence-electron chi connectivity index (χ3n) is 1.70. The van der Waals surface area contributed by atoms with E-state index in [1.165, 1.54) is 4.88 Å². The fourth-order valence-corrected chi connectivity index (χ4v) is 1.84. The summed E-state index contributed by atoms with van der Waals surface area (Å²) in [5.74, 6) is 0.